The first-order chi connectivity index (χ1) is 12.7. The van der Waals surface area contributed by atoms with E-state index in [9.17, 15) is 13.2 Å². The van der Waals surface area contributed by atoms with Crippen LogP contribution in [0.25, 0.3) is 11.2 Å². The third-order valence-corrected chi connectivity index (χ3v) is 4.95. The van der Waals surface area contributed by atoms with Gasteiger partial charge in [-0.3, -0.25) is 5.41 Å². The second-order valence-corrected chi connectivity index (χ2v) is 7.74. The van der Waals surface area contributed by atoms with E-state index in [0.29, 0.717) is 39.3 Å². The highest BCUT2D eigenvalue weighted by Crippen LogP contribution is 2.31. The molecule has 0 bridgehead atoms. The lowest BCUT2D eigenvalue weighted by Gasteiger charge is -2.08. The molecule has 0 aliphatic rings. The van der Waals surface area contributed by atoms with Crippen molar-refractivity contribution < 1.29 is 13.2 Å². The summed E-state index contributed by atoms with van der Waals surface area (Å²) in [6.07, 6.45) is -3.20. The molecule has 3 rings (SSSR count). The standard InChI is InChI=1S/C16H14Cl2F3N5S/c17-9-5-10(18)7-11(6-9)27-15-24-12-13(22)23-8-26(14(12)25-15)4-2-1-3-16(19,20)21/h5-8,22H,1-4H2,(H,24,25). The molecule has 0 saturated heterocycles. The summed E-state index contributed by atoms with van der Waals surface area (Å²) in [5.74, 6) is 0. The molecule has 27 heavy (non-hydrogen) atoms. The monoisotopic (exact) mass is 435 g/mol. The summed E-state index contributed by atoms with van der Waals surface area (Å²) in [5.41, 5.74) is 0.904. The molecule has 11 heteroatoms. The van der Waals surface area contributed by atoms with E-state index >= 15 is 0 Å². The number of hydrogen-bond acceptors (Lipinski definition) is 4. The minimum Gasteiger partial charge on any atom is -0.328 e. The van der Waals surface area contributed by atoms with Crippen LogP contribution in [0.3, 0.4) is 0 Å². The Morgan fingerprint density at radius 3 is 2.52 bits per heavy atom. The van der Waals surface area contributed by atoms with E-state index in [1.807, 2.05) is 0 Å². The summed E-state index contributed by atoms with van der Waals surface area (Å²) in [4.78, 5) is 12.2. The quantitative estimate of drug-likeness (QED) is 0.507. The molecule has 2 aromatic heterocycles. The first kappa shape index (κ1) is 20.0. The molecule has 0 unspecified atom stereocenters. The Morgan fingerprint density at radius 2 is 1.85 bits per heavy atom. The van der Waals surface area contributed by atoms with Crippen LogP contribution in [0.1, 0.15) is 19.3 Å². The second-order valence-electron chi connectivity index (χ2n) is 5.81. The van der Waals surface area contributed by atoms with Crippen molar-refractivity contribution in [1.29, 1.82) is 5.41 Å². The number of unbranched alkanes of at least 4 members (excludes halogenated alkanes) is 1. The zero-order valence-electron chi connectivity index (χ0n) is 13.8. The van der Waals surface area contributed by atoms with Crippen molar-refractivity contribution >= 4 is 46.1 Å². The maximum Gasteiger partial charge on any atom is 0.389 e. The topological polar surface area (TPSA) is 70.3 Å². The van der Waals surface area contributed by atoms with Crippen LogP contribution in [0.5, 0.6) is 0 Å². The van der Waals surface area contributed by atoms with Crippen LogP contribution < -0.4 is 5.49 Å². The predicted molar refractivity (Wildman–Crippen MR) is 98.2 cm³/mol. The van der Waals surface area contributed by atoms with Gasteiger partial charge in [0.15, 0.2) is 16.3 Å². The minimum atomic E-state index is -4.16. The number of hydrogen-bond donors (Lipinski definition) is 2. The van der Waals surface area contributed by atoms with Crippen LogP contribution in [0.4, 0.5) is 13.2 Å². The van der Waals surface area contributed by atoms with E-state index in [0.717, 1.165) is 4.90 Å². The van der Waals surface area contributed by atoms with Gasteiger partial charge in [-0.1, -0.05) is 35.0 Å². The minimum absolute atomic E-state index is 0.0139. The number of rotatable bonds is 6. The fourth-order valence-electron chi connectivity index (χ4n) is 2.48. The Kier molecular flexibility index (Phi) is 6.02. The normalized spacial score (nSPS) is 12.0. The molecule has 0 amide bonds. The molecule has 0 spiro atoms. The Morgan fingerprint density at radius 1 is 1.15 bits per heavy atom. The number of imidazole rings is 1. The Balaban J connectivity index is 1.81. The van der Waals surface area contributed by atoms with Crippen molar-refractivity contribution in [3.63, 3.8) is 0 Å². The van der Waals surface area contributed by atoms with E-state index in [1.165, 1.54) is 18.1 Å². The van der Waals surface area contributed by atoms with Crippen LogP contribution in [0, 0.1) is 5.41 Å². The molecular weight excluding hydrogens is 422 g/mol. The SMILES string of the molecule is N=c1ncn(CCCCC(F)(F)F)c2nc(Sc3cc(Cl)cc(Cl)c3)[nH]c12. The molecule has 1 aromatic carbocycles. The lowest BCUT2D eigenvalue weighted by Crippen LogP contribution is -2.13. The van der Waals surface area contributed by atoms with E-state index in [2.05, 4.69) is 15.0 Å². The first-order valence-electron chi connectivity index (χ1n) is 7.92. The van der Waals surface area contributed by atoms with Gasteiger partial charge in [0, 0.05) is 27.9 Å². The molecule has 0 aliphatic carbocycles. The summed E-state index contributed by atoms with van der Waals surface area (Å²) in [6, 6.07) is 5.08. The van der Waals surface area contributed by atoms with E-state index < -0.39 is 12.6 Å². The smallest absolute Gasteiger partial charge is 0.328 e. The Labute approximate surface area is 166 Å². The van der Waals surface area contributed by atoms with Crippen LogP contribution in [0.15, 0.2) is 34.6 Å². The van der Waals surface area contributed by atoms with Gasteiger partial charge in [0.2, 0.25) is 0 Å². The average molecular weight is 436 g/mol. The summed E-state index contributed by atoms with van der Waals surface area (Å²) in [7, 11) is 0. The molecule has 0 fully saturated rings. The van der Waals surface area contributed by atoms with Crippen molar-refractivity contribution in [3.05, 3.63) is 40.1 Å². The molecule has 2 N–H and O–H groups in total. The van der Waals surface area contributed by atoms with E-state index in [4.69, 9.17) is 28.6 Å². The zero-order chi connectivity index (χ0) is 19.6. The Hall–Kier alpha value is -1.71. The number of benzene rings is 1. The number of halogens is 5. The van der Waals surface area contributed by atoms with Gasteiger partial charge in [0.25, 0.3) is 0 Å². The lowest BCUT2D eigenvalue weighted by molar-refractivity contribution is -0.135. The fourth-order valence-corrected chi connectivity index (χ4v) is 4.02. The fraction of sp³-hybridized carbons (Fsp3) is 0.312. The highest BCUT2D eigenvalue weighted by Gasteiger charge is 2.25. The number of aryl methyl sites for hydroxylation is 1. The van der Waals surface area contributed by atoms with Crippen molar-refractivity contribution in [2.45, 2.75) is 42.0 Å². The maximum absolute atomic E-state index is 12.3. The van der Waals surface area contributed by atoms with Gasteiger partial charge in [-0.25, -0.2) is 9.97 Å². The number of nitrogens with zero attached hydrogens (tertiary/aromatic N) is 3. The number of fused-ring (bicyclic) bond motifs is 1. The third kappa shape index (κ3) is 5.40. The summed E-state index contributed by atoms with van der Waals surface area (Å²) < 4.78 is 38.5. The first-order valence-corrected chi connectivity index (χ1v) is 9.49. The molecule has 0 saturated carbocycles. The molecule has 0 radical (unpaired) electrons. The van der Waals surface area contributed by atoms with Gasteiger partial charge < -0.3 is 9.55 Å². The van der Waals surface area contributed by atoms with Gasteiger partial charge in [0.1, 0.15) is 5.52 Å². The lowest BCUT2D eigenvalue weighted by atomic mass is 10.2. The van der Waals surface area contributed by atoms with Crippen LogP contribution in [-0.2, 0) is 6.54 Å². The van der Waals surface area contributed by atoms with Crippen molar-refractivity contribution in [3.8, 4) is 0 Å². The number of H-pyrrole nitrogens is 1. The molecular formula is C16H14Cl2F3N5S. The van der Waals surface area contributed by atoms with Crippen molar-refractivity contribution in [2.24, 2.45) is 0 Å². The second kappa shape index (κ2) is 8.12. The average Bonchev–Trinajstić information content (AvgIpc) is 2.96. The number of aromatic amines is 1. The van der Waals surface area contributed by atoms with Crippen LogP contribution in [-0.4, -0.2) is 25.7 Å². The van der Waals surface area contributed by atoms with Gasteiger partial charge in [0.05, 0.1) is 6.33 Å². The maximum atomic E-state index is 12.3. The van der Waals surface area contributed by atoms with Crippen molar-refractivity contribution in [2.75, 3.05) is 0 Å². The molecule has 3 aromatic rings. The summed E-state index contributed by atoms with van der Waals surface area (Å²) >= 11 is 13.3. The molecule has 0 aliphatic heterocycles. The number of aromatic nitrogens is 4. The molecule has 144 valence electrons. The Bertz CT molecular complexity index is 995. The molecule has 5 nitrogen and oxygen atoms in total. The highest BCUT2D eigenvalue weighted by atomic mass is 35.5. The highest BCUT2D eigenvalue weighted by molar-refractivity contribution is 7.99. The van der Waals surface area contributed by atoms with Gasteiger partial charge >= 0.3 is 6.18 Å². The number of nitrogens with one attached hydrogen (secondary N) is 2. The van der Waals surface area contributed by atoms with E-state index in [-0.39, 0.29) is 11.9 Å². The van der Waals surface area contributed by atoms with Gasteiger partial charge in [-0.05, 0) is 31.0 Å². The summed E-state index contributed by atoms with van der Waals surface area (Å²) in [6.45, 7) is 0.331. The van der Waals surface area contributed by atoms with E-state index in [1.54, 1.807) is 22.8 Å². The molecule has 2 heterocycles. The number of alkyl halides is 3. The summed E-state index contributed by atoms with van der Waals surface area (Å²) in [5, 5.41) is 9.41. The van der Waals surface area contributed by atoms with Crippen LogP contribution in [0.2, 0.25) is 10.0 Å². The zero-order valence-corrected chi connectivity index (χ0v) is 16.1. The third-order valence-electron chi connectivity index (χ3n) is 3.66. The van der Waals surface area contributed by atoms with Gasteiger partial charge in [-0.15, -0.1) is 0 Å². The molecule has 0 atom stereocenters. The van der Waals surface area contributed by atoms with Crippen LogP contribution >= 0.6 is 35.0 Å². The van der Waals surface area contributed by atoms with Crippen molar-refractivity contribution in [1.82, 2.24) is 19.5 Å². The largest absolute Gasteiger partial charge is 0.389 e. The van der Waals surface area contributed by atoms with Gasteiger partial charge in [-0.2, -0.15) is 13.2 Å². The predicted octanol–water partition coefficient (Wildman–Crippen LogP) is 5.43.